The molecule has 4 unspecified atom stereocenters. The Bertz CT molecular complexity index is 1360. The van der Waals surface area contributed by atoms with E-state index in [0.717, 1.165) is 42.5 Å². The number of hydrazone groups is 1. The Labute approximate surface area is 230 Å². The average molecular weight is 555 g/mol. The molecule has 1 N–H and O–H groups in total. The number of hydrogen-bond acceptors (Lipinski definition) is 7. The third kappa shape index (κ3) is 4.19. The van der Waals surface area contributed by atoms with E-state index in [1.165, 1.54) is 6.92 Å². The summed E-state index contributed by atoms with van der Waals surface area (Å²) in [6, 6.07) is 6.75. The maximum Gasteiger partial charge on any atom is 0.303 e. The van der Waals surface area contributed by atoms with Gasteiger partial charge in [-0.15, -0.1) is 0 Å². The van der Waals surface area contributed by atoms with Gasteiger partial charge in [-0.25, -0.2) is 0 Å². The molecule has 3 fully saturated rings. The van der Waals surface area contributed by atoms with Crippen LogP contribution >= 0.6 is 0 Å². The average Bonchev–Trinajstić information content (AvgIpc) is 3.49. The van der Waals surface area contributed by atoms with Gasteiger partial charge in [-0.2, -0.15) is 18.4 Å². The fourth-order valence-corrected chi connectivity index (χ4v) is 8.99. The molecule has 0 amide bonds. The number of allylic oxidation sites excluding steroid dienone is 2. The first-order valence-corrected chi connectivity index (χ1v) is 15.5. The van der Waals surface area contributed by atoms with Crippen molar-refractivity contribution in [2.75, 3.05) is 13.2 Å². The van der Waals surface area contributed by atoms with E-state index >= 15 is 0 Å². The molecule has 210 valence electrons. The van der Waals surface area contributed by atoms with E-state index in [4.69, 9.17) is 14.2 Å². The van der Waals surface area contributed by atoms with E-state index < -0.39 is 15.8 Å². The number of rotatable bonds is 4. The molecule has 39 heavy (non-hydrogen) atoms. The molecule has 6 atom stereocenters. The Morgan fingerprint density at radius 2 is 1.77 bits per heavy atom. The Morgan fingerprint density at radius 3 is 2.46 bits per heavy atom. The number of nitrogens with one attached hydrogen (secondary N) is 1. The second-order valence-corrected chi connectivity index (χ2v) is 14.0. The van der Waals surface area contributed by atoms with Crippen LogP contribution in [0.2, 0.25) is 0 Å². The van der Waals surface area contributed by atoms with Gasteiger partial charge in [0.2, 0.25) is 0 Å². The van der Waals surface area contributed by atoms with Gasteiger partial charge >= 0.3 is 5.97 Å². The molecule has 1 saturated heterocycles. The predicted molar refractivity (Wildman–Crippen MR) is 146 cm³/mol. The van der Waals surface area contributed by atoms with Gasteiger partial charge in [0, 0.05) is 36.5 Å². The summed E-state index contributed by atoms with van der Waals surface area (Å²) in [5, 5.41) is 4.64. The topological polar surface area (TPSA) is 103 Å². The zero-order valence-corrected chi connectivity index (χ0v) is 23.9. The third-order valence-corrected chi connectivity index (χ3v) is 11.4. The number of hydrogen-bond donors (Lipinski definition) is 1. The molecule has 0 aromatic heterocycles. The molecule has 5 aliphatic rings. The molecule has 1 aromatic rings. The molecule has 2 saturated carbocycles. The zero-order valence-electron chi connectivity index (χ0n) is 23.1. The molecule has 1 spiro atoms. The SMILES string of the molecule is CC(=O)OC1C=C[C@@]2(C)C(=C/C(=N\NS(=O)(=O)c3ccc(C)cc3)C3C2CC[C@@]2(C)C3CCC23OCCO3)C1. The number of aryl methyl sites for hydroxylation is 1. The summed E-state index contributed by atoms with van der Waals surface area (Å²) in [6.07, 6.45) is 10.2. The second-order valence-electron chi connectivity index (χ2n) is 12.3. The molecule has 9 heteroatoms. The number of carbonyl (C=O) groups is 1. The molecular weight excluding hydrogens is 516 g/mol. The number of ether oxygens (including phenoxy) is 3. The standard InChI is InChI=1S/C30H38N2O6S/c1-19-5-7-23(8-6-19)39(34,35)32-31-26-18-21-17-22(38-20(2)33)9-12-28(21,3)24-10-13-29(4)25(27(24)26)11-14-30(29)36-15-16-37-30/h5-9,12,18,22,24-25,27,32H,10-11,13-17H2,1-4H3/b31-26+/t22?,24?,25?,27?,28-,29-/m0/s1. The summed E-state index contributed by atoms with van der Waals surface area (Å²) in [4.78, 5) is 14.4. The van der Waals surface area contributed by atoms with Crippen molar-refractivity contribution in [3.05, 3.63) is 53.6 Å². The number of esters is 1. The number of fused-ring (bicyclic) bond motifs is 6. The van der Waals surface area contributed by atoms with E-state index in [9.17, 15) is 13.2 Å². The van der Waals surface area contributed by atoms with Crippen LogP contribution in [0.1, 0.15) is 58.4 Å². The molecule has 0 bridgehead atoms. The lowest BCUT2D eigenvalue weighted by Gasteiger charge is -2.57. The normalized spacial score (nSPS) is 37.6. The summed E-state index contributed by atoms with van der Waals surface area (Å²) < 4.78 is 44.6. The Balaban J connectivity index is 1.41. The smallest absolute Gasteiger partial charge is 0.303 e. The predicted octanol–water partition coefficient (Wildman–Crippen LogP) is 4.65. The Hall–Kier alpha value is -2.49. The lowest BCUT2D eigenvalue weighted by Crippen LogP contribution is -2.56. The van der Waals surface area contributed by atoms with Crippen LogP contribution in [0.3, 0.4) is 0 Å². The largest absolute Gasteiger partial charge is 0.458 e. The van der Waals surface area contributed by atoms with Gasteiger partial charge < -0.3 is 14.2 Å². The summed E-state index contributed by atoms with van der Waals surface area (Å²) in [6.45, 7) is 9.11. The van der Waals surface area contributed by atoms with Gasteiger partial charge in [0.15, 0.2) is 5.79 Å². The molecule has 0 radical (unpaired) electrons. The number of carbonyl (C=O) groups excluding carboxylic acids is 1. The highest BCUT2D eigenvalue weighted by Crippen LogP contribution is 2.67. The zero-order chi connectivity index (χ0) is 27.6. The van der Waals surface area contributed by atoms with Crippen LogP contribution in [0.5, 0.6) is 0 Å². The lowest BCUT2D eigenvalue weighted by molar-refractivity contribution is -0.237. The molecule has 6 rings (SSSR count). The summed E-state index contributed by atoms with van der Waals surface area (Å²) in [5.74, 6) is -0.414. The maximum atomic E-state index is 13.2. The first kappa shape index (κ1) is 26.7. The van der Waals surface area contributed by atoms with Crippen LogP contribution < -0.4 is 4.83 Å². The molecule has 1 aliphatic heterocycles. The van der Waals surface area contributed by atoms with Crippen molar-refractivity contribution < 1.29 is 27.4 Å². The monoisotopic (exact) mass is 554 g/mol. The van der Waals surface area contributed by atoms with Gasteiger partial charge in [-0.3, -0.25) is 4.79 Å². The van der Waals surface area contributed by atoms with E-state index in [1.807, 2.05) is 13.0 Å². The van der Waals surface area contributed by atoms with E-state index in [0.29, 0.717) is 19.6 Å². The van der Waals surface area contributed by atoms with Crippen LogP contribution in [-0.4, -0.2) is 45.2 Å². The minimum atomic E-state index is -3.84. The van der Waals surface area contributed by atoms with Crippen molar-refractivity contribution in [3.8, 4) is 0 Å². The van der Waals surface area contributed by atoms with Crippen LogP contribution in [0.15, 0.2) is 58.1 Å². The third-order valence-electron chi connectivity index (χ3n) is 10.2. The summed E-state index contributed by atoms with van der Waals surface area (Å²) >= 11 is 0. The van der Waals surface area contributed by atoms with Crippen molar-refractivity contribution in [3.63, 3.8) is 0 Å². The van der Waals surface area contributed by atoms with Crippen molar-refractivity contribution >= 4 is 21.7 Å². The number of sulfonamides is 1. The van der Waals surface area contributed by atoms with Crippen molar-refractivity contribution in [2.24, 2.45) is 33.7 Å². The molecule has 4 aliphatic carbocycles. The minimum absolute atomic E-state index is 0.0281. The van der Waals surface area contributed by atoms with Crippen LogP contribution in [0.25, 0.3) is 0 Å². The molecular formula is C30H38N2O6S. The highest BCUT2D eigenvalue weighted by molar-refractivity contribution is 7.89. The van der Waals surface area contributed by atoms with Crippen molar-refractivity contribution in [1.82, 2.24) is 4.83 Å². The minimum Gasteiger partial charge on any atom is -0.458 e. The quantitative estimate of drug-likeness (QED) is 0.330. The van der Waals surface area contributed by atoms with Crippen molar-refractivity contribution in [1.29, 1.82) is 0 Å². The number of benzene rings is 1. The highest BCUT2D eigenvalue weighted by atomic mass is 32.2. The Kier molecular flexibility index (Phi) is 6.36. The maximum absolute atomic E-state index is 13.2. The Morgan fingerprint density at radius 1 is 1.08 bits per heavy atom. The van der Waals surface area contributed by atoms with Gasteiger partial charge in [0.05, 0.1) is 23.8 Å². The van der Waals surface area contributed by atoms with Crippen LogP contribution in [-0.2, 0) is 29.0 Å². The van der Waals surface area contributed by atoms with E-state index in [2.05, 4.69) is 35.9 Å². The van der Waals surface area contributed by atoms with E-state index in [1.54, 1.807) is 24.3 Å². The van der Waals surface area contributed by atoms with Gasteiger partial charge in [0.1, 0.15) is 6.10 Å². The second kappa shape index (κ2) is 9.28. The summed E-state index contributed by atoms with van der Waals surface area (Å²) in [5.41, 5.74) is 2.42. The molecule has 1 heterocycles. The first-order valence-electron chi connectivity index (χ1n) is 14.0. The fourth-order valence-electron chi connectivity index (χ4n) is 8.17. The van der Waals surface area contributed by atoms with Crippen molar-refractivity contribution in [2.45, 2.75) is 76.6 Å². The van der Waals surface area contributed by atoms with E-state index in [-0.39, 0.29) is 45.6 Å². The van der Waals surface area contributed by atoms with Crippen LogP contribution in [0.4, 0.5) is 0 Å². The highest BCUT2D eigenvalue weighted by Gasteiger charge is 2.67. The number of nitrogens with zero attached hydrogens (tertiary/aromatic N) is 1. The van der Waals surface area contributed by atoms with Gasteiger partial charge in [-0.05, 0) is 62.3 Å². The molecule has 8 nitrogen and oxygen atoms in total. The van der Waals surface area contributed by atoms with Gasteiger partial charge in [-0.1, -0.05) is 43.2 Å². The molecule has 1 aromatic carbocycles. The first-order chi connectivity index (χ1) is 18.5. The lowest BCUT2D eigenvalue weighted by atomic mass is 9.48. The van der Waals surface area contributed by atoms with Gasteiger partial charge in [0.25, 0.3) is 10.0 Å². The van der Waals surface area contributed by atoms with Crippen LogP contribution in [0, 0.1) is 35.5 Å². The fraction of sp³-hybridized carbons (Fsp3) is 0.600. The summed E-state index contributed by atoms with van der Waals surface area (Å²) in [7, 11) is -3.84.